The number of anilines is 2. The van der Waals surface area contributed by atoms with Crippen molar-refractivity contribution in [1.82, 2.24) is 9.97 Å². The lowest BCUT2D eigenvalue weighted by molar-refractivity contribution is 0.266. The van der Waals surface area contributed by atoms with Gasteiger partial charge in [-0.15, -0.1) is 0 Å². The summed E-state index contributed by atoms with van der Waals surface area (Å²) < 4.78 is 0. The van der Waals surface area contributed by atoms with Crippen LogP contribution in [0.15, 0.2) is 75.6 Å². The number of hydrogen-bond donors (Lipinski definition) is 0. The summed E-state index contributed by atoms with van der Waals surface area (Å²) in [6.45, 7) is 6.09. The molecule has 4 nitrogen and oxygen atoms in total. The molecule has 0 N–H and O–H groups in total. The number of hydrogen-bond acceptors (Lipinski definition) is 5. The molecule has 148 valence electrons. The molecule has 4 aromatic rings. The Labute approximate surface area is 183 Å². The molecule has 1 amide bonds. The molecule has 1 aromatic heterocycles. The van der Waals surface area contributed by atoms with Gasteiger partial charge in [0.15, 0.2) is 5.16 Å². The highest BCUT2D eigenvalue weighted by Crippen LogP contribution is 2.49. The molecule has 3 aromatic carbocycles. The summed E-state index contributed by atoms with van der Waals surface area (Å²) in [6, 6.07) is 20.2. The lowest BCUT2D eigenvalue weighted by Gasteiger charge is -2.30. The van der Waals surface area contributed by atoms with Crippen LogP contribution in [0, 0.1) is 20.8 Å². The second-order valence-electron chi connectivity index (χ2n) is 7.31. The van der Waals surface area contributed by atoms with Crippen LogP contribution in [0.25, 0.3) is 10.9 Å². The zero-order valence-electron chi connectivity index (χ0n) is 16.8. The molecule has 0 radical (unpaired) electrons. The molecule has 0 saturated heterocycles. The van der Waals surface area contributed by atoms with Gasteiger partial charge in [-0.1, -0.05) is 47.7 Å². The third kappa shape index (κ3) is 3.26. The van der Waals surface area contributed by atoms with Crippen molar-refractivity contribution in [3.63, 3.8) is 0 Å². The van der Waals surface area contributed by atoms with E-state index in [0.717, 1.165) is 55.1 Å². The lowest BCUT2D eigenvalue weighted by atomic mass is 10.1. The number of aryl methyl sites for hydroxylation is 3. The molecular formula is C24H19N3OS2. The van der Waals surface area contributed by atoms with Crippen molar-refractivity contribution >= 4 is 51.0 Å². The molecule has 0 unspecified atom stereocenters. The number of benzene rings is 3. The van der Waals surface area contributed by atoms with E-state index < -0.39 is 0 Å². The van der Waals surface area contributed by atoms with Gasteiger partial charge in [0, 0.05) is 32.6 Å². The number of thioether (sulfide) groups is 1. The van der Waals surface area contributed by atoms with E-state index in [4.69, 9.17) is 4.98 Å². The van der Waals surface area contributed by atoms with Gasteiger partial charge in [0.1, 0.15) is 0 Å². The van der Waals surface area contributed by atoms with Gasteiger partial charge in [-0.05, 0) is 56.7 Å². The highest BCUT2D eigenvalue weighted by molar-refractivity contribution is 8.13. The largest absolute Gasteiger partial charge is 0.298 e. The zero-order valence-corrected chi connectivity index (χ0v) is 18.5. The van der Waals surface area contributed by atoms with Crippen molar-refractivity contribution < 1.29 is 4.79 Å². The standard InChI is InChI=1S/C24H19N3OS2/c1-14-12-15(2)22-17(13-14)16(3)25-23(26-22)30-24(28)27-18-8-4-6-10-20(18)29-21-11-7-5-9-19(21)27/h4-13H,1-3H3. The molecule has 0 bridgehead atoms. The van der Waals surface area contributed by atoms with E-state index in [9.17, 15) is 4.79 Å². The molecule has 6 heteroatoms. The zero-order chi connectivity index (χ0) is 20.8. The van der Waals surface area contributed by atoms with Crippen LogP contribution in [0.5, 0.6) is 0 Å². The van der Waals surface area contributed by atoms with E-state index in [-0.39, 0.29) is 5.24 Å². The Morgan fingerprint density at radius 1 is 0.900 bits per heavy atom. The maximum atomic E-state index is 13.5. The van der Waals surface area contributed by atoms with Crippen LogP contribution in [0.1, 0.15) is 16.8 Å². The Kier molecular flexibility index (Phi) is 4.76. The molecule has 0 atom stereocenters. The van der Waals surface area contributed by atoms with Gasteiger partial charge < -0.3 is 0 Å². The number of amides is 1. The van der Waals surface area contributed by atoms with E-state index in [0.29, 0.717) is 5.16 Å². The summed E-state index contributed by atoms with van der Waals surface area (Å²) >= 11 is 2.76. The quantitative estimate of drug-likeness (QED) is 0.239. The van der Waals surface area contributed by atoms with Crippen molar-refractivity contribution in [2.45, 2.75) is 35.7 Å². The van der Waals surface area contributed by atoms with Gasteiger partial charge >= 0.3 is 0 Å². The van der Waals surface area contributed by atoms with Gasteiger partial charge in [0.05, 0.1) is 16.9 Å². The predicted octanol–water partition coefficient (Wildman–Crippen LogP) is 7.07. The van der Waals surface area contributed by atoms with Gasteiger partial charge in [-0.2, -0.15) is 0 Å². The second kappa shape index (κ2) is 7.45. The van der Waals surface area contributed by atoms with Crippen LogP contribution >= 0.6 is 23.5 Å². The van der Waals surface area contributed by atoms with Crippen LogP contribution < -0.4 is 4.90 Å². The number of aromatic nitrogens is 2. The second-order valence-corrected chi connectivity index (χ2v) is 9.31. The molecule has 0 saturated carbocycles. The summed E-state index contributed by atoms with van der Waals surface area (Å²) in [6.07, 6.45) is 0. The third-order valence-electron chi connectivity index (χ3n) is 5.10. The summed E-state index contributed by atoms with van der Waals surface area (Å²) in [7, 11) is 0. The Morgan fingerprint density at radius 2 is 1.53 bits per heavy atom. The Hall–Kier alpha value is -2.83. The van der Waals surface area contributed by atoms with Crippen LogP contribution in [-0.2, 0) is 0 Å². The third-order valence-corrected chi connectivity index (χ3v) is 6.95. The maximum absolute atomic E-state index is 13.5. The van der Waals surface area contributed by atoms with Crippen molar-refractivity contribution in [1.29, 1.82) is 0 Å². The van der Waals surface area contributed by atoms with Crippen molar-refractivity contribution in [3.8, 4) is 0 Å². The highest BCUT2D eigenvalue weighted by Gasteiger charge is 2.29. The normalized spacial score (nSPS) is 12.6. The first kappa shape index (κ1) is 19.2. The Bertz CT molecular complexity index is 1270. The maximum Gasteiger partial charge on any atom is 0.298 e. The number of rotatable bonds is 1. The fraction of sp³-hybridized carbons (Fsp3) is 0.125. The molecule has 30 heavy (non-hydrogen) atoms. The summed E-state index contributed by atoms with van der Waals surface area (Å²) in [5, 5.41) is 1.40. The van der Waals surface area contributed by atoms with Crippen molar-refractivity contribution in [3.05, 3.63) is 77.5 Å². The average Bonchev–Trinajstić information content (AvgIpc) is 2.72. The Balaban J connectivity index is 1.57. The number of fused-ring (bicyclic) bond motifs is 3. The number of carbonyl (C=O) groups excluding carboxylic acids is 1. The molecule has 0 fully saturated rings. The fourth-order valence-corrected chi connectivity index (χ4v) is 5.60. The van der Waals surface area contributed by atoms with E-state index >= 15 is 0 Å². The minimum absolute atomic E-state index is 0.112. The average molecular weight is 430 g/mol. The van der Waals surface area contributed by atoms with E-state index in [2.05, 4.69) is 24.0 Å². The molecule has 5 rings (SSSR count). The van der Waals surface area contributed by atoms with Gasteiger partial charge in [-0.3, -0.25) is 9.69 Å². The van der Waals surface area contributed by atoms with Crippen LogP contribution in [-0.4, -0.2) is 15.2 Å². The SMILES string of the molecule is Cc1cc(C)c2nc(SC(=O)N3c4ccccc4Sc4ccccc43)nc(C)c2c1. The molecule has 1 aliphatic rings. The Morgan fingerprint density at radius 3 is 2.20 bits per heavy atom. The topological polar surface area (TPSA) is 46.1 Å². The first-order valence-corrected chi connectivity index (χ1v) is 11.3. The molecule has 2 heterocycles. The first-order valence-electron chi connectivity index (χ1n) is 9.65. The van der Waals surface area contributed by atoms with Crippen LogP contribution in [0.3, 0.4) is 0 Å². The van der Waals surface area contributed by atoms with Crippen LogP contribution in [0.2, 0.25) is 0 Å². The summed E-state index contributed by atoms with van der Waals surface area (Å²) in [4.78, 5) is 26.7. The number of carbonyl (C=O) groups is 1. The summed E-state index contributed by atoms with van der Waals surface area (Å²) in [5.41, 5.74) is 5.85. The van der Waals surface area contributed by atoms with E-state index in [1.54, 1.807) is 16.7 Å². The molecule has 0 spiro atoms. The molecular weight excluding hydrogens is 410 g/mol. The van der Waals surface area contributed by atoms with Crippen molar-refractivity contribution in [2.24, 2.45) is 0 Å². The predicted molar refractivity (Wildman–Crippen MR) is 124 cm³/mol. The minimum Gasteiger partial charge on any atom is -0.269 e. The van der Waals surface area contributed by atoms with E-state index in [1.165, 1.54) is 5.56 Å². The highest BCUT2D eigenvalue weighted by atomic mass is 32.2. The first-order chi connectivity index (χ1) is 14.5. The van der Waals surface area contributed by atoms with Gasteiger partial charge in [0.2, 0.25) is 0 Å². The minimum atomic E-state index is -0.112. The monoisotopic (exact) mass is 429 g/mol. The van der Waals surface area contributed by atoms with Crippen LogP contribution in [0.4, 0.5) is 16.2 Å². The number of nitrogens with zero attached hydrogens (tertiary/aromatic N) is 3. The van der Waals surface area contributed by atoms with Gasteiger partial charge in [-0.25, -0.2) is 9.97 Å². The van der Waals surface area contributed by atoms with E-state index in [1.807, 2.05) is 62.4 Å². The molecule has 0 aliphatic carbocycles. The fourth-order valence-electron chi connectivity index (χ4n) is 3.78. The number of para-hydroxylation sites is 2. The summed E-state index contributed by atoms with van der Waals surface area (Å²) in [5.74, 6) is 0. The van der Waals surface area contributed by atoms with Gasteiger partial charge in [0.25, 0.3) is 5.24 Å². The molecule has 1 aliphatic heterocycles. The smallest absolute Gasteiger partial charge is 0.269 e. The van der Waals surface area contributed by atoms with Crippen molar-refractivity contribution in [2.75, 3.05) is 4.90 Å². The lowest BCUT2D eigenvalue weighted by Crippen LogP contribution is -2.24.